The van der Waals surface area contributed by atoms with E-state index in [0.29, 0.717) is 0 Å². The maximum atomic E-state index is 13.1. The Hall–Kier alpha value is -3.15. The van der Waals surface area contributed by atoms with Crippen LogP contribution in [0.3, 0.4) is 0 Å². The number of furan rings is 2. The molecule has 38 heavy (non-hydrogen) atoms. The van der Waals surface area contributed by atoms with Crippen LogP contribution in [0.25, 0.3) is 0 Å². The lowest BCUT2D eigenvalue weighted by Gasteiger charge is -2.65. The minimum Gasteiger partial charge on any atom is -0.459 e. The van der Waals surface area contributed by atoms with Crippen molar-refractivity contribution in [3.05, 3.63) is 48.3 Å². The van der Waals surface area contributed by atoms with Gasteiger partial charge in [0.1, 0.15) is 23.9 Å². The number of rotatable bonds is 5. The van der Waals surface area contributed by atoms with Crippen LogP contribution in [0.5, 0.6) is 0 Å². The highest BCUT2D eigenvalue weighted by atomic mass is 16.6. The number of esters is 3. The molecule has 3 heterocycles. The van der Waals surface area contributed by atoms with Crippen molar-refractivity contribution in [3.63, 3.8) is 0 Å². The predicted octanol–water partition coefficient (Wildman–Crippen LogP) is 2.64. The van der Waals surface area contributed by atoms with E-state index in [0.717, 1.165) is 0 Å². The van der Waals surface area contributed by atoms with Gasteiger partial charge in [-0.3, -0.25) is 4.79 Å². The second-order valence-corrected chi connectivity index (χ2v) is 11.3. The number of carbonyl (C=O) groups excluding carboxylic acids is 3. The van der Waals surface area contributed by atoms with Crippen LogP contribution in [-0.2, 0) is 23.7 Å². The standard InChI is InChI=1S/C27H32O11/c1-14(28)35-21-16(29)13-25(4,32)27-20(37-23(31)18-9-7-11-34-18)15(24(2,3)38-27)12-19(26(21,27)5)36-22(30)17-8-6-10-33-17/h6-11,15-16,19-21,29,32H,12-13H2,1-5H3/t15-,16+,19+,20-,21+,25-,26-,27+/m1/s1. The highest BCUT2D eigenvalue weighted by Gasteiger charge is 2.84. The second kappa shape index (κ2) is 8.69. The van der Waals surface area contributed by atoms with Crippen molar-refractivity contribution in [3.8, 4) is 0 Å². The SMILES string of the molecule is CC(=O)O[C@H]1[C@@H](O)C[C@@](C)(O)[C@]23OC(C)(C)[C@H](C[C@H](OC(=O)c4ccco4)[C@]12C)[C@H]3OC(=O)c1ccco1. The van der Waals surface area contributed by atoms with Gasteiger partial charge >= 0.3 is 17.9 Å². The van der Waals surface area contributed by atoms with E-state index in [1.807, 2.05) is 0 Å². The van der Waals surface area contributed by atoms with Gasteiger partial charge in [-0.25, -0.2) is 9.59 Å². The monoisotopic (exact) mass is 532 g/mol. The maximum absolute atomic E-state index is 13.1. The smallest absolute Gasteiger partial charge is 0.374 e. The molecule has 2 aromatic heterocycles. The third-order valence-electron chi connectivity index (χ3n) is 8.59. The Morgan fingerprint density at radius 2 is 1.50 bits per heavy atom. The third kappa shape index (κ3) is 3.63. The van der Waals surface area contributed by atoms with Gasteiger partial charge in [-0.15, -0.1) is 0 Å². The summed E-state index contributed by atoms with van der Waals surface area (Å²) in [6, 6.07) is 5.98. The van der Waals surface area contributed by atoms with Crippen molar-refractivity contribution in [2.75, 3.05) is 0 Å². The molecule has 1 aliphatic heterocycles. The van der Waals surface area contributed by atoms with Gasteiger partial charge in [0.15, 0.2) is 0 Å². The molecule has 3 aliphatic rings. The number of carbonyl (C=O) groups is 3. The third-order valence-corrected chi connectivity index (χ3v) is 8.59. The summed E-state index contributed by atoms with van der Waals surface area (Å²) in [6.07, 6.45) is -2.25. The van der Waals surface area contributed by atoms with Gasteiger partial charge in [-0.05, 0) is 58.4 Å². The number of hydrogen-bond donors (Lipinski definition) is 2. The molecule has 2 bridgehead atoms. The first-order chi connectivity index (χ1) is 17.7. The number of aliphatic hydroxyl groups is 2. The van der Waals surface area contributed by atoms with Crippen LogP contribution in [0.2, 0.25) is 0 Å². The van der Waals surface area contributed by atoms with Crippen LogP contribution in [0.15, 0.2) is 45.6 Å². The number of hydrogen-bond acceptors (Lipinski definition) is 11. The van der Waals surface area contributed by atoms with E-state index in [1.54, 1.807) is 26.8 Å². The van der Waals surface area contributed by atoms with Gasteiger partial charge in [-0.1, -0.05) is 0 Å². The zero-order valence-electron chi connectivity index (χ0n) is 21.8. The average Bonchev–Trinajstić information content (AvgIpc) is 3.56. The van der Waals surface area contributed by atoms with E-state index >= 15 is 0 Å². The molecule has 5 rings (SSSR count). The van der Waals surface area contributed by atoms with E-state index in [-0.39, 0.29) is 24.4 Å². The van der Waals surface area contributed by atoms with Gasteiger partial charge in [0.05, 0.1) is 35.2 Å². The molecule has 0 unspecified atom stereocenters. The lowest BCUT2D eigenvalue weighted by molar-refractivity contribution is -0.342. The Bertz CT molecular complexity index is 1210. The molecule has 206 valence electrons. The molecule has 1 saturated heterocycles. The number of fused-ring (bicyclic) bond motifs is 1. The largest absolute Gasteiger partial charge is 0.459 e. The molecule has 3 fully saturated rings. The van der Waals surface area contributed by atoms with Crippen LogP contribution in [-0.4, -0.2) is 69.3 Å². The molecule has 0 radical (unpaired) electrons. The molecule has 11 heteroatoms. The molecule has 8 atom stereocenters. The van der Waals surface area contributed by atoms with Crippen molar-refractivity contribution in [1.29, 1.82) is 0 Å². The summed E-state index contributed by atoms with van der Waals surface area (Å²) in [7, 11) is 0. The molecule has 2 aromatic rings. The Morgan fingerprint density at radius 1 is 0.921 bits per heavy atom. The van der Waals surface area contributed by atoms with Gasteiger partial charge in [0.2, 0.25) is 11.5 Å². The van der Waals surface area contributed by atoms with Crippen LogP contribution in [0.1, 0.15) is 68.6 Å². The summed E-state index contributed by atoms with van der Waals surface area (Å²) in [5, 5.41) is 23.2. The average molecular weight is 533 g/mol. The van der Waals surface area contributed by atoms with Crippen LogP contribution < -0.4 is 0 Å². The van der Waals surface area contributed by atoms with Crippen molar-refractivity contribution in [2.45, 2.75) is 88.7 Å². The first-order valence-electron chi connectivity index (χ1n) is 12.5. The first kappa shape index (κ1) is 26.5. The highest BCUT2D eigenvalue weighted by molar-refractivity contribution is 5.87. The summed E-state index contributed by atoms with van der Waals surface area (Å²) in [5.41, 5.74) is -6.18. The first-order valence-corrected chi connectivity index (χ1v) is 12.5. The molecule has 2 saturated carbocycles. The Labute approximate surface area is 219 Å². The summed E-state index contributed by atoms with van der Waals surface area (Å²) in [6.45, 7) is 7.86. The van der Waals surface area contributed by atoms with E-state index < -0.39 is 70.5 Å². The van der Waals surface area contributed by atoms with Crippen molar-refractivity contribution >= 4 is 17.9 Å². The second-order valence-electron chi connectivity index (χ2n) is 11.3. The van der Waals surface area contributed by atoms with Crippen LogP contribution in [0.4, 0.5) is 0 Å². The maximum Gasteiger partial charge on any atom is 0.374 e. The summed E-state index contributed by atoms with van der Waals surface area (Å²) < 4.78 is 34.8. The van der Waals surface area contributed by atoms with Gasteiger partial charge < -0.3 is 38.0 Å². The molecule has 2 aliphatic carbocycles. The van der Waals surface area contributed by atoms with E-state index in [1.165, 1.54) is 44.6 Å². The Balaban J connectivity index is 1.68. The highest BCUT2D eigenvalue weighted by Crippen LogP contribution is 2.68. The fourth-order valence-electron chi connectivity index (χ4n) is 7.06. The molecule has 0 aromatic carbocycles. The summed E-state index contributed by atoms with van der Waals surface area (Å²) in [5.74, 6) is -2.89. The van der Waals surface area contributed by atoms with Crippen molar-refractivity contribution in [1.82, 2.24) is 0 Å². The lowest BCUT2D eigenvalue weighted by atomic mass is 9.47. The fraction of sp³-hybridized carbons (Fsp3) is 0.593. The zero-order chi connectivity index (χ0) is 27.7. The lowest BCUT2D eigenvalue weighted by Crippen LogP contribution is -2.81. The molecule has 0 amide bonds. The molecular formula is C27H32O11. The Kier molecular flexibility index (Phi) is 6.05. The number of ether oxygens (including phenoxy) is 4. The molecule has 11 nitrogen and oxygen atoms in total. The van der Waals surface area contributed by atoms with E-state index in [4.69, 9.17) is 27.8 Å². The van der Waals surface area contributed by atoms with E-state index in [9.17, 15) is 24.6 Å². The fourth-order valence-corrected chi connectivity index (χ4v) is 7.06. The topological polar surface area (TPSA) is 155 Å². The van der Waals surface area contributed by atoms with Crippen molar-refractivity contribution < 1.29 is 52.4 Å². The predicted molar refractivity (Wildman–Crippen MR) is 127 cm³/mol. The molecule has 2 N–H and O–H groups in total. The minimum atomic E-state index is -1.83. The van der Waals surface area contributed by atoms with Crippen LogP contribution >= 0.6 is 0 Å². The quantitative estimate of drug-likeness (QED) is 0.431. The number of aliphatic hydroxyl groups excluding tert-OH is 1. The summed E-state index contributed by atoms with van der Waals surface area (Å²) in [4.78, 5) is 38.5. The zero-order valence-corrected chi connectivity index (χ0v) is 21.8. The van der Waals surface area contributed by atoms with Gasteiger partial charge in [0.25, 0.3) is 0 Å². The molecule has 1 spiro atoms. The minimum absolute atomic E-state index is 0.0429. The van der Waals surface area contributed by atoms with E-state index in [2.05, 4.69) is 0 Å². The Morgan fingerprint density at radius 3 is 2.03 bits per heavy atom. The van der Waals surface area contributed by atoms with Crippen LogP contribution in [0, 0.1) is 11.3 Å². The summed E-state index contributed by atoms with van der Waals surface area (Å²) >= 11 is 0. The van der Waals surface area contributed by atoms with Gasteiger partial charge in [-0.2, -0.15) is 0 Å². The van der Waals surface area contributed by atoms with Crippen molar-refractivity contribution in [2.24, 2.45) is 11.3 Å². The van der Waals surface area contributed by atoms with Gasteiger partial charge in [0, 0.05) is 19.3 Å². The normalized spacial score (nSPS) is 39.2. The molecular weight excluding hydrogens is 500 g/mol.